The van der Waals surface area contributed by atoms with Gasteiger partial charge in [-0.2, -0.15) is 0 Å². The van der Waals surface area contributed by atoms with Gasteiger partial charge in [0, 0.05) is 0 Å². The van der Waals surface area contributed by atoms with Gasteiger partial charge in [0.2, 0.25) is 6.33 Å². The Morgan fingerprint density at radius 3 is 2.86 bits per heavy atom. The molecule has 2 rings (SSSR count). The van der Waals surface area contributed by atoms with Crippen LogP contribution < -0.4 is 4.57 Å². The van der Waals surface area contributed by atoms with Gasteiger partial charge in [-0.15, -0.1) is 0 Å². The molecule has 1 aromatic heterocycles. The summed E-state index contributed by atoms with van der Waals surface area (Å²) in [4.78, 5) is 0. The molecule has 1 fully saturated rings. The maximum absolute atomic E-state index is 5.71. The molecule has 78 valence electrons. The highest BCUT2D eigenvalue weighted by Gasteiger charge is 2.33. The van der Waals surface area contributed by atoms with E-state index in [2.05, 4.69) is 4.57 Å². The third kappa shape index (κ3) is 2.13. The third-order valence-electron chi connectivity index (χ3n) is 2.31. The van der Waals surface area contributed by atoms with Crippen molar-refractivity contribution in [3.8, 4) is 0 Å². The van der Waals surface area contributed by atoms with E-state index >= 15 is 0 Å². The van der Waals surface area contributed by atoms with E-state index in [4.69, 9.17) is 9.47 Å². The first-order valence-corrected chi connectivity index (χ1v) is 4.88. The highest BCUT2D eigenvalue weighted by atomic mass is 16.7. The molecule has 14 heavy (non-hydrogen) atoms. The minimum absolute atomic E-state index is 0.164. The van der Waals surface area contributed by atoms with Crippen molar-refractivity contribution in [3.63, 3.8) is 0 Å². The topological polar surface area (TPSA) is 27.3 Å². The van der Waals surface area contributed by atoms with E-state index in [9.17, 15) is 0 Å². The Morgan fingerprint density at radius 2 is 2.36 bits per heavy atom. The SMILES string of the molecule is C[n+]1ccn(CC2COC(C)(C)O2)c1. The van der Waals surface area contributed by atoms with E-state index in [-0.39, 0.29) is 6.10 Å². The molecule has 4 heteroatoms. The minimum Gasteiger partial charge on any atom is -0.348 e. The maximum atomic E-state index is 5.71. The van der Waals surface area contributed by atoms with Gasteiger partial charge in [-0.3, -0.25) is 0 Å². The molecule has 0 aromatic carbocycles. The van der Waals surface area contributed by atoms with Crippen LogP contribution in [0.1, 0.15) is 13.8 Å². The molecule has 1 aliphatic rings. The first-order chi connectivity index (χ1) is 6.55. The fourth-order valence-electron chi connectivity index (χ4n) is 1.70. The van der Waals surface area contributed by atoms with Gasteiger partial charge in [0.05, 0.1) is 13.7 Å². The lowest BCUT2D eigenvalue weighted by Gasteiger charge is -2.16. The second-order valence-corrected chi connectivity index (χ2v) is 4.23. The van der Waals surface area contributed by atoms with E-state index in [1.165, 1.54) is 0 Å². The van der Waals surface area contributed by atoms with Gasteiger partial charge in [0.15, 0.2) is 5.79 Å². The van der Waals surface area contributed by atoms with Crippen LogP contribution in [0.2, 0.25) is 0 Å². The van der Waals surface area contributed by atoms with E-state index in [0.29, 0.717) is 6.61 Å². The van der Waals surface area contributed by atoms with E-state index < -0.39 is 5.79 Å². The number of aromatic nitrogens is 2. The predicted octanol–water partition coefficient (Wildman–Crippen LogP) is 0.464. The summed E-state index contributed by atoms with van der Waals surface area (Å²) in [6, 6.07) is 0. The largest absolute Gasteiger partial charge is 0.348 e. The first-order valence-electron chi connectivity index (χ1n) is 4.88. The number of rotatable bonds is 2. The van der Waals surface area contributed by atoms with Crippen molar-refractivity contribution in [1.29, 1.82) is 0 Å². The summed E-state index contributed by atoms with van der Waals surface area (Å²) >= 11 is 0. The highest BCUT2D eigenvalue weighted by molar-refractivity contribution is 4.74. The lowest BCUT2D eigenvalue weighted by molar-refractivity contribution is -0.671. The van der Waals surface area contributed by atoms with Crippen molar-refractivity contribution in [3.05, 3.63) is 18.7 Å². The number of ether oxygens (including phenoxy) is 2. The molecule has 1 unspecified atom stereocenters. The zero-order valence-electron chi connectivity index (χ0n) is 8.93. The Morgan fingerprint density at radius 1 is 1.57 bits per heavy atom. The van der Waals surface area contributed by atoms with Crippen LogP contribution in [0.25, 0.3) is 0 Å². The Hall–Kier alpha value is -0.870. The molecule has 2 heterocycles. The van der Waals surface area contributed by atoms with Gasteiger partial charge in [-0.25, -0.2) is 9.13 Å². The normalized spacial score (nSPS) is 25.5. The number of hydrogen-bond acceptors (Lipinski definition) is 2. The Kier molecular flexibility index (Phi) is 2.33. The van der Waals surface area contributed by atoms with Crippen molar-refractivity contribution in [2.24, 2.45) is 7.05 Å². The summed E-state index contributed by atoms with van der Waals surface area (Å²) in [6.45, 7) is 5.42. The fourth-order valence-corrected chi connectivity index (χ4v) is 1.70. The molecule has 1 atom stereocenters. The molecule has 0 saturated carbocycles. The minimum atomic E-state index is -0.417. The molecule has 0 radical (unpaired) electrons. The number of hydrogen-bond donors (Lipinski definition) is 0. The number of nitrogens with zero attached hydrogens (tertiary/aromatic N) is 2. The van der Waals surface area contributed by atoms with E-state index in [0.717, 1.165) is 6.54 Å². The molecular weight excluding hydrogens is 180 g/mol. The lowest BCUT2D eigenvalue weighted by atomic mass is 10.3. The monoisotopic (exact) mass is 197 g/mol. The second-order valence-electron chi connectivity index (χ2n) is 4.23. The molecule has 4 nitrogen and oxygen atoms in total. The molecule has 0 spiro atoms. The van der Waals surface area contributed by atoms with Crippen molar-refractivity contribution in [2.75, 3.05) is 6.61 Å². The van der Waals surface area contributed by atoms with Crippen molar-refractivity contribution in [2.45, 2.75) is 32.3 Å². The zero-order chi connectivity index (χ0) is 10.2. The smallest absolute Gasteiger partial charge is 0.243 e. The van der Waals surface area contributed by atoms with Crippen molar-refractivity contribution >= 4 is 0 Å². The summed E-state index contributed by atoms with van der Waals surface area (Å²) in [5.74, 6) is -0.417. The Bertz CT molecular complexity index is 320. The zero-order valence-corrected chi connectivity index (χ0v) is 8.93. The summed E-state index contributed by atoms with van der Waals surface area (Å²) in [7, 11) is 2.01. The van der Waals surface area contributed by atoms with Crippen LogP contribution in [-0.4, -0.2) is 23.1 Å². The summed E-state index contributed by atoms with van der Waals surface area (Å²) in [6.07, 6.45) is 6.25. The molecule has 1 saturated heterocycles. The van der Waals surface area contributed by atoms with E-state index in [1.54, 1.807) is 0 Å². The van der Waals surface area contributed by atoms with Gasteiger partial charge in [-0.05, 0) is 13.8 Å². The average molecular weight is 197 g/mol. The van der Waals surface area contributed by atoms with Gasteiger partial charge < -0.3 is 9.47 Å². The van der Waals surface area contributed by atoms with Gasteiger partial charge in [0.25, 0.3) is 0 Å². The molecule has 1 aromatic rings. The average Bonchev–Trinajstić information content (AvgIpc) is 2.59. The maximum Gasteiger partial charge on any atom is 0.243 e. The summed E-state index contributed by atoms with van der Waals surface area (Å²) < 4.78 is 15.3. The van der Waals surface area contributed by atoms with Crippen LogP contribution in [0.15, 0.2) is 18.7 Å². The standard InChI is InChI=1S/C10H17N2O2/c1-10(2)13-7-9(14-10)6-12-5-4-11(3)8-12/h4-5,8-9H,6-7H2,1-3H3/q+1. The number of aryl methyl sites for hydroxylation is 1. The Labute approximate surface area is 84.1 Å². The van der Waals surface area contributed by atoms with Gasteiger partial charge >= 0.3 is 0 Å². The fraction of sp³-hybridized carbons (Fsp3) is 0.700. The number of imidazole rings is 1. The van der Waals surface area contributed by atoms with Gasteiger partial charge in [-0.1, -0.05) is 0 Å². The predicted molar refractivity (Wildman–Crippen MR) is 50.5 cm³/mol. The second kappa shape index (κ2) is 3.37. The van der Waals surface area contributed by atoms with Crippen LogP contribution in [0.3, 0.4) is 0 Å². The molecule has 0 amide bonds. The van der Waals surface area contributed by atoms with Crippen molar-refractivity contribution in [1.82, 2.24) is 4.57 Å². The van der Waals surface area contributed by atoms with E-state index in [1.807, 2.05) is 44.2 Å². The first kappa shape index (κ1) is 9.68. The van der Waals surface area contributed by atoms with Gasteiger partial charge in [0.1, 0.15) is 25.0 Å². The van der Waals surface area contributed by atoms with Crippen LogP contribution in [0.5, 0.6) is 0 Å². The summed E-state index contributed by atoms with van der Waals surface area (Å²) in [5.41, 5.74) is 0. The molecule has 1 aliphatic heterocycles. The highest BCUT2D eigenvalue weighted by Crippen LogP contribution is 2.22. The van der Waals surface area contributed by atoms with Crippen LogP contribution in [-0.2, 0) is 23.1 Å². The van der Waals surface area contributed by atoms with Crippen LogP contribution in [0.4, 0.5) is 0 Å². The molecule has 0 aliphatic carbocycles. The van der Waals surface area contributed by atoms with Crippen LogP contribution in [0, 0.1) is 0 Å². The quantitative estimate of drug-likeness (QED) is 0.644. The third-order valence-corrected chi connectivity index (χ3v) is 2.31. The molecule has 0 N–H and O–H groups in total. The lowest BCUT2D eigenvalue weighted by Crippen LogP contribution is -2.26. The van der Waals surface area contributed by atoms with Crippen molar-refractivity contribution < 1.29 is 14.0 Å². The van der Waals surface area contributed by atoms with Crippen LogP contribution >= 0.6 is 0 Å². The summed E-state index contributed by atoms with van der Waals surface area (Å²) in [5, 5.41) is 0. The molecular formula is C10H17N2O2+. The molecule has 0 bridgehead atoms. The Balaban J connectivity index is 1.94.